The van der Waals surface area contributed by atoms with Gasteiger partial charge in [-0.05, 0) is 71.2 Å². The largest absolute Gasteiger partial charge is 0.398 e. The van der Waals surface area contributed by atoms with Gasteiger partial charge in [0.05, 0.1) is 10.6 Å². The van der Waals surface area contributed by atoms with Crippen LogP contribution in [0.25, 0.3) is 0 Å². The first-order valence-corrected chi connectivity index (χ1v) is 8.33. The van der Waals surface area contributed by atoms with E-state index in [1.165, 1.54) is 18.2 Å². The molecule has 0 aliphatic heterocycles. The highest BCUT2D eigenvalue weighted by atomic mass is 79.9. The van der Waals surface area contributed by atoms with Crippen LogP contribution in [0.3, 0.4) is 0 Å². The van der Waals surface area contributed by atoms with Crippen LogP contribution in [0.4, 0.5) is 15.8 Å². The fraction of sp³-hybridized carbons (Fsp3) is 0.143. The first-order valence-electron chi connectivity index (χ1n) is 6.05. The van der Waals surface area contributed by atoms with Crippen molar-refractivity contribution in [1.29, 1.82) is 0 Å². The number of nitrogens with one attached hydrogen (secondary N) is 1. The van der Waals surface area contributed by atoms with Crippen LogP contribution in [0.15, 0.2) is 39.7 Å². The summed E-state index contributed by atoms with van der Waals surface area (Å²) in [5, 5.41) is 0. The van der Waals surface area contributed by atoms with E-state index in [4.69, 9.17) is 5.73 Å². The quantitative estimate of drug-likeness (QED) is 0.808. The molecule has 0 bridgehead atoms. The molecule has 112 valence electrons. The minimum Gasteiger partial charge on any atom is -0.398 e. The summed E-state index contributed by atoms with van der Waals surface area (Å²) >= 11 is 3.18. The highest BCUT2D eigenvalue weighted by Gasteiger charge is 2.20. The van der Waals surface area contributed by atoms with Crippen molar-refractivity contribution in [3.8, 4) is 0 Å². The predicted octanol–water partition coefficient (Wildman–Crippen LogP) is 3.59. The van der Waals surface area contributed by atoms with Gasteiger partial charge >= 0.3 is 0 Å². The number of halogens is 2. The topological polar surface area (TPSA) is 72.2 Å². The number of nitrogen functional groups attached to an aromatic ring is 1. The molecule has 2 aromatic rings. The molecule has 2 rings (SSSR count). The number of sulfonamides is 1. The molecular formula is C14H14BrFN2O2S. The zero-order chi connectivity index (χ0) is 15.8. The lowest BCUT2D eigenvalue weighted by atomic mass is 10.1. The van der Waals surface area contributed by atoms with Gasteiger partial charge in [0.1, 0.15) is 5.82 Å². The average Bonchev–Trinajstić information content (AvgIpc) is 2.37. The zero-order valence-corrected chi connectivity index (χ0v) is 13.8. The van der Waals surface area contributed by atoms with Gasteiger partial charge in [-0.25, -0.2) is 12.8 Å². The van der Waals surface area contributed by atoms with E-state index in [9.17, 15) is 12.8 Å². The van der Waals surface area contributed by atoms with Crippen molar-refractivity contribution in [2.24, 2.45) is 0 Å². The third kappa shape index (κ3) is 3.36. The average molecular weight is 373 g/mol. The van der Waals surface area contributed by atoms with Gasteiger partial charge in [0.15, 0.2) is 0 Å². The van der Waals surface area contributed by atoms with E-state index < -0.39 is 15.8 Å². The van der Waals surface area contributed by atoms with E-state index in [0.717, 1.165) is 11.6 Å². The highest BCUT2D eigenvalue weighted by Crippen LogP contribution is 2.28. The summed E-state index contributed by atoms with van der Waals surface area (Å²) < 4.78 is 41.0. The fourth-order valence-corrected chi connectivity index (χ4v) is 3.81. The number of rotatable bonds is 3. The van der Waals surface area contributed by atoms with Crippen LogP contribution in [-0.2, 0) is 10.0 Å². The Morgan fingerprint density at radius 1 is 1.19 bits per heavy atom. The molecule has 0 saturated carbocycles. The molecule has 4 nitrogen and oxygen atoms in total. The third-order valence-corrected chi connectivity index (χ3v) is 5.19. The van der Waals surface area contributed by atoms with Crippen molar-refractivity contribution in [3.63, 3.8) is 0 Å². The second-order valence-corrected chi connectivity index (χ2v) is 7.21. The monoisotopic (exact) mass is 372 g/mol. The Morgan fingerprint density at radius 3 is 2.52 bits per heavy atom. The highest BCUT2D eigenvalue weighted by molar-refractivity contribution is 9.10. The van der Waals surface area contributed by atoms with Crippen molar-refractivity contribution in [1.82, 2.24) is 0 Å². The summed E-state index contributed by atoms with van der Waals surface area (Å²) in [6.07, 6.45) is 0. The van der Waals surface area contributed by atoms with Crippen LogP contribution in [0.1, 0.15) is 11.1 Å². The summed E-state index contributed by atoms with van der Waals surface area (Å²) in [6, 6.07) is 7.01. The molecule has 7 heteroatoms. The Balaban J connectivity index is 2.51. The Hall–Kier alpha value is -1.60. The third-order valence-electron chi connectivity index (χ3n) is 3.01. The molecule has 2 aromatic carbocycles. The smallest absolute Gasteiger partial charge is 0.262 e. The van der Waals surface area contributed by atoms with Crippen LogP contribution < -0.4 is 10.5 Å². The van der Waals surface area contributed by atoms with E-state index in [2.05, 4.69) is 20.7 Å². The molecular weight excluding hydrogens is 359 g/mol. The van der Waals surface area contributed by atoms with Gasteiger partial charge in [-0.2, -0.15) is 0 Å². The first-order chi connectivity index (χ1) is 9.70. The molecule has 0 heterocycles. The van der Waals surface area contributed by atoms with Gasteiger partial charge in [0.2, 0.25) is 0 Å². The van der Waals surface area contributed by atoms with Crippen LogP contribution in [0.2, 0.25) is 0 Å². The van der Waals surface area contributed by atoms with Gasteiger partial charge in [0, 0.05) is 10.2 Å². The molecule has 0 fully saturated rings. The van der Waals surface area contributed by atoms with Crippen molar-refractivity contribution in [2.75, 3.05) is 10.5 Å². The molecule has 0 amide bonds. The Kier molecular flexibility index (Phi) is 4.25. The minimum absolute atomic E-state index is 0.0798. The van der Waals surface area contributed by atoms with Crippen LogP contribution in [-0.4, -0.2) is 8.42 Å². The predicted molar refractivity (Wildman–Crippen MR) is 85.2 cm³/mol. The van der Waals surface area contributed by atoms with E-state index in [-0.39, 0.29) is 10.6 Å². The summed E-state index contributed by atoms with van der Waals surface area (Å²) in [4.78, 5) is 0.0798. The molecule has 21 heavy (non-hydrogen) atoms. The van der Waals surface area contributed by atoms with Crippen LogP contribution in [0.5, 0.6) is 0 Å². The number of aryl methyl sites for hydroxylation is 1. The number of nitrogens with two attached hydrogens (primary N) is 1. The maximum absolute atomic E-state index is 13.3. The van der Waals surface area contributed by atoms with E-state index >= 15 is 0 Å². The lowest BCUT2D eigenvalue weighted by Crippen LogP contribution is -2.15. The number of hydrogen-bond donors (Lipinski definition) is 2. The van der Waals surface area contributed by atoms with Gasteiger partial charge in [-0.1, -0.05) is 0 Å². The van der Waals surface area contributed by atoms with Crippen molar-refractivity contribution in [2.45, 2.75) is 18.7 Å². The van der Waals surface area contributed by atoms with Crippen molar-refractivity contribution in [3.05, 3.63) is 51.7 Å². The van der Waals surface area contributed by atoms with Gasteiger partial charge in [-0.3, -0.25) is 4.72 Å². The number of hydrogen-bond acceptors (Lipinski definition) is 3. The molecule has 0 atom stereocenters. The summed E-state index contributed by atoms with van der Waals surface area (Å²) in [5.41, 5.74) is 7.53. The molecule has 0 spiro atoms. The van der Waals surface area contributed by atoms with Crippen molar-refractivity contribution < 1.29 is 12.8 Å². The normalized spacial score (nSPS) is 11.4. The van der Waals surface area contributed by atoms with Crippen molar-refractivity contribution >= 4 is 37.3 Å². The second-order valence-electron chi connectivity index (χ2n) is 4.71. The van der Waals surface area contributed by atoms with Gasteiger partial charge in [0.25, 0.3) is 10.0 Å². The van der Waals surface area contributed by atoms with Gasteiger partial charge in [-0.15, -0.1) is 0 Å². The Labute approximate surface area is 131 Å². The summed E-state index contributed by atoms with van der Waals surface area (Å²) in [5.74, 6) is -0.531. The lowest BCUT2D eigenvalue weighted by molar-refractivity contribution is 0.600. The van der Waals surface area contributed by atoms with E-state index in [1.54, 1.807) is 19.9 Å². The maximum atomic E-state index is 13.3. The molecule has 0 radical (unpaired) electrons. The lowest BCUT2D eigenvalue weighted by Gasteiger charge is -2.14. The molecule has 0 aliphatic rings. The zero-order valence-electron chi connectivity index (χ0n) is 11.4. The number of anilines is 2. The van der Waals surface area contributed by atoms with Crippen LogP contribution in [0, 0.1) is 19.7 Å². The number of benzene rings is 2. The van der Waals surface area contributed by atoms with E-state index in [0.29, 0.717) is 15.7 Å². The summed E-state index contributed by atoms with van der Waals surface area (Å²) in [7, 11) is -3.85. The minimum atomic E-state index is -3.85. The molecule has 0 aromatic heterocycles. The Morgan fingerprint density at radius 2 is 1.86 bits per heavy atom. The summed E-state index contributed by atoms with van der Waals surface area (Å²) in [6.45, 7) is 3.39. The fourth-order valence-electron chi connectivity index (χ4n) is 1.91. The molecule has 0 aliphatic carbocycles. The van der Waals surface area contributed by atoms with Gasteiger partial charge < -0.3 is 5.73 Å². The molecule has 0 saturated heterocycles. The van der Waals surface area contributed by atoms with Crippen LogP contribution >= 0.6 is 15.9 Å². The first kappa shape index (κ1) is 15.8. The maximum Gasteiger partial charge on any atom is 0.262 e. The standard InChI is InChI=1S/C14H14BrFN2O2S/c1-8-5-12(17)9(2)14(6-8)21(19,20)18-13-7-10(16)3-4-11(13)15/h3-7,18H,17H2,1-2H3. The molecule has 3 N–H and O–H groups in total. The SMILES string of the molecule is Cc1cc(N)c(C)c(S(=O)(=O)Nc2cc(F)ccc2Br)c1. The molecule has 0 unspecified atom stereocenters. The second kappa shape index (κ2) is 5.65. The van der Waals surface area contributed by atoms with E-state index in [1.807, 2.05) is 0 Å². The Bertz CT molecular complexity index is 807.